The Hall–Kier alpha value is -5.78. The van der Waals surface area contributed by atoms with Crippen LogP contribution in [-0.4, -0.2) is 19.9 Å². The lowest BCUT2D eigenvalue weighted by Crippen LogP contribution is -2.00. The molecule has 210 valence electrons. The molecule has 9 rings (SSSR count). The van der Waals surface area contributed by atoms with Crippen molar-refractivity contribution < 1.29 is 0 Å². The van der Waals surface area contributed by atoms with Crippen molar-refractivity contribution in [1.29, 1.82) is 0 Å². The molecular weight excluding hydrogens is 569 g/mol. The van der Waals surface area contributed by atoms with Crippen LogP contribution in [0.15, 0.2) is 146 Å². The van der Waals surface area contributed by atoms with Crippen molar-refractivity contribution in [3.8, 4) is 45.4 Å². The molecule has 0 amide bonds. The molecule has 3 heterocycles. The third-order valence-corrected chi connectivity index (χ3v) is 9.55. The predicted molar refractivity (Wildman–Crippen MR) is 187 cm³/mol. The number of aromatic nitrogens is 4. The number of hydrogen-bond acceptors (Lipinski definition) is 5. The van der Waals surface area contributed by atoms with Gasteiger partial charge in [0.05, 0.1) is 11.2 Å². The van der Waals surface area contributed by atoms with Crippen LogP contribution in [0.1, 0.15) is 0 Å². The fraction of sp³-hybridized carbons (Fsp3) is 0. The highest BCUT2D eigenvalue weighted by molar-refractivity contribution is 7.26. The number of hydrogen-bond donors (Lipinski definition) is 0. The fourth-order valence-electron chi connectivity index (χ4n) is 6.11. The van der Waals surface area contributed by atoms with Crippen molar-refractivity contribution in [2.24, 2.45) is 0 Å². The molecule has 0 aliphatic rings. The van der Waals surface area contributed by atoms with E-state index in [0.29, 0.717) is 17.5 Å². The average molecular weight is 593 g/mol. The van der Waals surface area contributed by atoms with Gasteiger partial charge in [-0.15, -0.1) is 11.3 Å². The summed E-state index contributed by atoms with van der Waals surface area (Å²) in [7, 11) is 0. The Labute approximate surface area is 263 Å². The van der Waals surface area contributed by atoms with Crippen LogP contribution < -0.4 is 0 Å². The Bertz CT molecular complexity index is 2550. The highest BCUT2D eigenvalue weighted by atomic mass is 32.1. The first-order valence-electron chi connectivity index (χ1n) is 14.9. The Balaban J connectivity index is 1.27. The molecule has 0 unspecified atom stereocenters. The largest absolute Gasteiger partial charge is 0.248 e. The topological polar surface area (TPSA) is 51.6 Å². The number of thiophene rings is 1. The first kappa shape index (κ1) is 25.7. The van der Waals surface area contributed by atoms with Gasteiger partial charge in [0.1, 0.15) is 0 Å². The second-order valence-corrected chi connectivity index (χ2v) is 12.1. The van der Waals surface area contributed by atoms with Gasteiger partial charge in [-0.3, -0.25) is 0 Å². The average Bonchev–Trinajstić information content (AvgIpc) is 3.50. The Morgan fingerprint density at radius 2 is 1.09 bits per heavy atom. The lowest BCUT2D eigenvalue weighted by molar-refractivity contribution is 1.08. The van der Waals surface area contributed by atoms with E-state index >= 15 is 0 Å². The van der Waals surface area contributed by atoms with Crippen LogP contribution in [0, 0.1) is 0 Å². The molecule has 5 heteroatoms. The van der Waals surface area contributed by atoms with E-state index < -0.39 is 0 Å². The molecule has 0 N–H and O–H groups in total. The highest BCUT2D eigenvalue weighted by Gasteiger charge is 2.18. The van der Waals surface area contributed by atoms with Gasteiger partial charge in [0, 0.05) is 47.8 Å². The van der Waals surface area contributed by atoms with Gasteiger partial charge < -0.3 is 0 Å². The molecule has 0 fully saturated rings. The predicted octanol–water partition coefficient (Wildman–Crippen LogP) is 10.6. The Kier molecular flexibility index (Phi) is 5.96. The normalized spacial score (nSPS) is 11.6. The zero-order chi connectivity index (χ0) is 29.7. The van der Waals surface area contributed by atoms with Crippen LogP contribution in [0.2, 0.25) is 0 Å². The van der Waals surface area contributed by atoms with Crippen molar-refractivity contribution >= 4 is 53.2 Å². The summed E-state index contributed by atoms with van der Waals surface area (Å²) in [6.45, 7) is 0. The van der Waals surface area contributed by atoms with Crippen LogP contribution in [0.3, 0.4) is 0 Å². The van der Waals surface area contributed by atoms with E-state index in [9.17, 15) is 0 Å². The van der Waals surface area contributed by atoms with Crippen LogP contribution in [0.5, 0.6) is 0 Å². The maximum Gasteiger partial charge on any atom is 0.165 e. The molecule has 0 saturated carbocycles. The zero-order valence-electron chi connectivity index (χ0n) is 24.1. The van der Waals surface area contributed by atoms with Crippen LogP contribution >= 0.6 is 11.3 Å². The van der Waals surface area contributed by atoms with Gasteiger partial charge in [-0.1, -0.05) is 115 Å². The van der Waals surface area contributed by atoms with Crippen molar-refractivity contribution in [2.75, 3.05) is 0 Å². The van der Waals surface area contributed by atoms with Gasteiger partial charge in [-0.25, -0.2) is 19.9 Å². The molecule has 0 spiro atoms. The molecule has 6 aromatic carbocycles. The SMILES string of the molecule is c1ccc(-c2nc(-c3cccc4ccc(-c5ccc6ccccc6n5)cc34)nc(-c3cccc4c3sc3ccccc34)n2)cc1. The van der Waals surface area contributed by atoms with E-state index in [1.165, 1.54) is 20.2 Å². The van der Waals surface area contributed by atoms with Crippen molar-refractivity contribution in [2.45, 2.75) is 0 Å². The number of rotatable bonds is 4. The summed E-state index contributed by atoms with van der Waals surface area (Å²) in [6, 6.07) is 50.4. The van der Waals surface area contributed by atoms with Gasteiger partial charge in [-0.05, 0) is 41.1 Å². The number of pyridine rings is 1. The quantitative estimate of drug-likeness (QED) is 0.204. The minimum atomic E-state index is 0.645. The van der Waals surface area contributed by atoms with Crippen LogP contribution in [-0.2, 0) is 0 Å². The van der Waals surface area contributed by atoms with E-state index in [1.807, 2.05) is 30.3 Å². The van der Waals surface area contributed by atoms with Gasteiger partial charge in [-0.2, -0.15) is 0 Å². The van der Waals surface area contributed by atoms with E-state index in [-0.39, 0.29) is 0 Å². The van der Waals surface area contributed by atoms with Gasteiger partial charge >= 0.3 is 0 Å². The molecule has 0 aliphatic carbocycles. The molecule has 0 aliphatic heterocycles. The first-order chi connectivity index (χ1) is 22.3. The lowest BCUT2D eigenvalue weighted by Gasteiger charge is -2.12. The maximum absolute atomic E-state index is 5.18. The molecule has 9 aromatic rings. The summed E-state index contributed by atoms with van der Waals surface area (Å²) in [6.07, 6.45) is 0. The molecule has 45 heavy (non-hydrogen) atoms. The third kappa shape index (κ3) is 4.44. The Morgan fingerprint density at radius 3 is 2.02 bits per heavy atom. The van der Waals surface area contributed by atoms with E-state index in [2.05, 4.69) is 115 Å². The van der Waals surface area contributed by atoms with Gasteiger partial charge in [0.25, 0.3) is 0 Å². The summed E-state index contributed by atoms with van der Waals surface area (Å²) in [5, 5.41) is 5.78. The number of nitrogens with zero attached hydrogens (tertiary/aromatic N) is 4. The molecule has 3 aromatic heterocycles. The molecule has 0 atom stereocenters. The summed E-state index contributed by atoms with van der Waals surface area (Å²) in [4.78, 5) is 20.3. The molecule has 0 saturated heterocycles. The molecule has 0 bridgehead atoms. The Morgan fingerprint density at radius 1 is 0.400 bits per heavy atom. The zero-order valence-corrected chi connectivity index (χ0v) is 24.9. The van der Waals surface area contributed by atoms with Crippen molar-refractivity contribution in [3.05, 3.63) is 146 Å². The first-order valence-corrected chi connectivity index (χ1v) is 15.7. The second kappa shape index (κ2) is 10.4. The molecule has 4 nitrogen and oxygen atoms in total. The third-order valence-electron chi connectivity index (χ3n) is 8.33. The molecule has 0 radical (unpaired) electrons. The summed E-state index contributed by atoms with van der Waals surface area (Å²) < 4.78 is 2.43. The van der Waals surface area contributed by atoms with E-state index in [1.54, 1.807) is 11.3 Å². The standard InChI is InChI=1S/C40H24N4S/c1-2-11-27(12-3-1)38-42-39(44-40(43-38)32-17-9-15-30-29-14-5-7-19-36(29)45-37(30)32)31-16-8-13-25-20-21-28(24-33(25)31)35-23-22-26-10-4-6-18-34(26)41-35/h1-24H. The minimum absolute atomic E-state index is 0.645. The monoisotopic (exact) mass is 592 g/mol. The summed E-state index contributed by atoms with van der Waals surface area (Å²) in [5.74, 6) is 1.96. The van der Waals surface area contributed by atoms with E-state index in [0.717, 1.165) is 49.6 Å². The number of benzene rings is 6. The summed E-state index contributed by atoms with van der Waals surface area (Å²) in [5.41, 5.74) is 5.88. The molecular formula is C40H24N4S. The smallest absolute Gasteiger partial charge is 0.165 e. The fourth-order valence-corrected chi connectivity index (χ4v) is 7.32. The van der Waals surface area contributed by atoms with Gasteiger partial charge in [0.15, 0.2) is 17.5 Å². The van der Waals surface area contributed by atoms with Gasteiger partial charge in [0.2, 0.25) is 0 Å². The van der Waals surface area contributed by atoms with Crippen molar-refractivity contribution in [1.82, 2.24) is 19.9 Å². The lowest BCUT2D eigenvalue weighted by atomic mass is 9.99. The summed E-state index contributed by atoms with van der Waals surface area (Å²) >= 11 is 1.78. The van der Waals surface area contributed by atoms with E-state index in [4.69, 9.17) is 19.9 Å². The minimum Gasteiger partial charge on any atom is -0.248 e. The number of para-hydroxylation sites is 1. The maximum atomic E-state index is 5.18. The van der Waals surface area contributed by atoms with Crippen LogP contribution in [0.4, 0.5) is 0 Å². The second-order valence-electron chi connectivity index (χ2n) is 11.1. The number of fused-ring (bicyclic) bond motifs is 5. The van der Waals surface area contributed by atoms with Crippen LogP contribution in [0.25, 0.3) is 87.3 Å². The highest BCUT2D eigenvalue weighted by Crippen LogP contribution is 2.40. The van der Waals surface area contributed by atoms with Crippen molar-refractivity contribution in [3.63, 3.8) is 0 Å².